The van der Waals surface area contributed by atoms with E-state index in [1.807, 2.05) is 0 Å². The van der Waals surface area contributed by atoms with Crippen molar-refractivity contribution in [1.29, 1.82) is 0 Å². The van der Waals surface area contributed by atoms with Crippen LogP contribution in [0.5, 0.6) is 5.75 Å². The number of ether oxygens (including phenoxy) is 2. The van der Waals surface area contributed by atoms with E-state index in [9.17, 15) is 23.5 Å². The Hall–Kier alpha value is -2.38. The SMILES string of the molecule is CC(C)(C)OC(=O)N1CC(Oc2cc(F)ccc2F)CC1C(=O)O. The number of benzene rings is 1. The first-order chi connectivity index (χ1) is 11.1. The standard InChI is InChI=1S/C16H19F2NO5/c1-16(2,3)24-15(22)19-8-10(7-12(19)14(20)21)23-13-6-9(17)4-5-11(13)18/h4-6,10,12H,7-8H2,1-3H3,(H,20,21). The molecule has 1 saturated heterocycles. The molecule has 0 saturated carbocycles. The highest BCUT2D eigenvalue weighted by atomic mass is 19.1. The molecule has 24 heavy (non-hydrogen) atoms. The molecule has 1 N–H and O–H groups in total. The predicted octanol–water partition coefficient (Wildman–Crippen LogP) is 2.81. The highest BCUT2D eigenvalue weighted by Crippen LogP contribution is 2.27. The van der Waals surface area contributed by atoms with Crippen LogP contribution in [0.3, 0.4) is 0 Å². The fourth-order valence-corrected chi connectivity index (χ4v) is 2.39. The number of rotatable bonds is 3. The maximum absolute atomic E-state index is 13.6. The summed E-state index contributed by atoms with van der Waals surface area (Å²) in [5.41, 5.74) is -0.784. The molecule has 2 unspecified atom stereocenters. The molecule has 2 atom stereocenters. The molecule has 1 aromatic carbocycles. The zero-order valence-corrected chi connectivity index (χ0v) is 13.6. The lowest BCUT2D eigenvalue weighted by Crippen LogP contribution is -2.43. The van der Waals surface area contributed by atoms with Crippen molar-refractivity contribution >= 4 is 12.1 Å². The molecule has 6 nitrogen and oxygen atoms in total. The van der Waals surface area contributed by atoms with E-state index in [1.165, 1.54) is 0 Å². The average Bonchev–Trinajstić information content (AvgIpc) is 2.85. The molecule has 1 aliphatic rings. The third-order valence-corrected chi connectivity index (χ3v) is 3.36. The van der Waals surface area contributed by atoms with Gasteiger partial charge in [-0.1, -0.05) is 0 Å². The van der Waals surface area contributed by atoms with Crippen LogP contribution >= 0.6 is 0 Å². The molecule has 1 aliphatic heterocycles. The van der Waals surface area contributed by atoms with Crippen molar-refractivity contribution in [2.45, 2.75) is 44.9 Å². The highest BCUT2D eigenvalue weighted by Gasteiger charge is 2.42. The molecule has 0 spiro atoms. The molecule has 0 radical (unpaired) electrons. The Morgan fingerprint density at radius 3 is 2.54 bits per heavy atom. The summed E-state index contributed by atoms with van der Waals surface area (Å²) in [6, 6.07) is 1.59. The van der Waals surface area contributed by atoms with Crippen molar-refractivity contribution in [3.05, 3.63) is 29.8 Å². The van der Waals surface area contributed by atoms with E-state index in [0.29, 0.717) is 0 Å². The topological polar surface area (TPSA) is 76.1 Å². The van der Waals surface area contributed by atoms with Crippen molar-refractivity contribution < 1.29 is 33.0 Å². The first kappa shape index (κ1) is 18.0. The van der Waals surface area contributed by atoms with Crippen LogP contribution in [0.1, 0.15) is 27.2 Å². The number of nitrogens with zero attached hydrogens (tertiary/aromatic N) is 1. The van der Waals surface area contributed by atoms with Crippen molar-refractivity contribution in [1.82, 2.24) is 4.90 Å². The van der Waals surface area contributed by atoms with Crippen LogP contribution in [0.25, 0.3) is 0 Å². The minimum absolute atomic E-state index is 0.0511. The van der Waals surface area contributed by atoms with Gasteiger partial charge in [0.2, 0.25) is 0 Å². The second-order valence-corrected chi connectivity index (χ2v) is 6.54. The van der Waals surface area contributed by atoms with Crippen molar-refractivity contribution in [3.8, 4) is 5.75 Å². The number of carbonyl (C=O) groups is 2. The molecule has 1 aromatic rings. The quantitative estimate of drug-likeness (QED) is 0.913. The lowest BCUT2D eigenvalue weighted by molar-refractivity contribution is -0.142. The summed E-state index contributed by atoms with van der Waals surface area (Å²) in [5.74, 6) is -2.98. The molecular formula is C16H19F2NO5. The van der Waals surface area contributed by atoms with Gasteiger partial charge < -0.3 is 14.6 Å². The van der Waals surface area contributed by atoms with Gasteiger partial charge in [0.05, 0.1) is 6.54 Å². The van der Waals surface area contributed by atoms with Crippen LogP contribution in [0.4, 0.5) is 13.6 Å². The lowest BCUT2D eigenvalue weighted by atomic mass is 10.2. The zero-order valence-electron chi connectivity index (χ0n) is 13.6. The van der Waals surface area contributed by atoms with Crippen LogP contribution in [-0.2, 0) is 9.53 Å². The molecule has 0 aliphatic carbocycles. The number of carboxylic acids is 1. The minimum Gasteiger partial charge on any atom is -0.485 e. The third-order valence-electron chi connectivity index (χ3n) is 3.36. The Kier molecular flexibility index (Phi) is 4.96. The summed E-state index contributed by atoms with van der Waals surface area (Å²) in [6.07, 6.45) is -1.62. The Morgan fingerprint density at radius 1 is 1.29 bits per heavy atom. The zero-order chi connectivity index (χ0) is 18.1. The normalized spacial score (nSPS) is 20.8. The van der Waals surface area contributed by atoms with Gasteiger partial charge in [-0.25, -0.2) is 18.4 Å². The molecule has 1 fully saturated rings. The van der Waals surface area contributed by atoms with Gasteiger partial charge in [0.15, 0.2) is 11.6 Å². The molecule has 2 rings (SSSR count). The first-order valence-corrected chi connectivity index (χ1v) is 7.41. The maximum Gasteiger partial charge on any atom is 0.411 e. The van der Waals surface area contributed by atoms with Gasteiger partial charge in [0, 0.05) is 12.5 Å². The smallest absolute Gasteiger partial charge is 0.411 e. The van der Waals surface area contributed by atoms with E-state index in [1.54, 1.807) is 20.8 Å². The minimum atomic E-state index is -1.22. The Morgan fingerprint density at radius 2 is 1.96 bits per heavy atom. The summed E-state index contributed by atoms with van der Waals surface area (Å²) >= 11 is 0. The van der Waals surface area contributed by atoms with Gasteiger partial charge in [-0.2, -0.15) is 0 Å². The number of carbonyl (C=O) groups excluding carboxylic acids is 1. The predicted molar refractivity (Wildman–Crippen MR) is 79.8 cm³/mol. The van der Waals surface area contributed by atoms with Gasteiger partial charge in [0.1, 0.15) is 23.6 Å². The molecule has 8 heteroatoms. The van der Waals surface area contributed by atoms with Crippen LogP contribution in [0, 0.1) is 11.6 Å². The van der Waals surface area contributed by atoms with E-state index < -0.39 is 41.4 Å². The first-order valence-electron chi connectivity index (χ1n) is 7.41. The number of aliphatic carboxylic acids is 1. The van der Waals surface area contributed by atoms with E-state index in [4.69, 9.17) is 9.47 Å². The summed E-state index contributed by atoms with van der Waals surface area (Å²) in [7, 11) is 0. The van der Waals surface area contributed by atoms with Gasteiger partial charge in [0.25, 0.3) is 0 Å². The Balaban J connectivity index is 2.13. The molecule has 1 heterocycles. The molecule has 0 aromatic heterocycles. The summed E-state index contributed by atoms with van der Waals surface area (Å²) in [5, 5.41) is 9.27. The van der Waals surface area contributed by atoms with Crippen LogP contribution in [0.15, 0.2) is 18.2 Å². The highest BCUT2D eigenvalue weighted by molar-refractivity contribution is 5.81. The number of likely N-dealkylation sites (tertiary alicyclic amines) is 1. The van der Waals surface area contributed by atoms with E-state index in [0.717, 1.165) is 23.1 Å². The third kappa shape index (κ3) is 4.33. The van der Waals surface area contributed by atoms with Gasteiger partial charge >= 0.3 is 12.1 Å². The molecule has 132 valence electrons. The Labute approximate surface area is 138 Å². The van der Waals surface area contributed by atoms with Gasteiger partial charge in [-0.15, -0.1) is 0 Å². The van der Waals surface area contributed by atoms with E-state index in [-0.39, 0.29) is 18.7 Å². The molecular weight excluding hydrogens is 324 g/mol. The lowest BCUT2D eigenvalue weighted by Gasteiger charge is -2.26. The number of carboxylic acid groups (broad SMARTS) is 1. The average molecular weight is 343 g/mol. The fourth-order valence-electron chi connectivity index (χ4n) is 2.39. The van der Waals surface area contributed by atoms with Gasteiger partial charge in [-0.3, -0.25) is 4.90 Å². The van der Waals surface area contributed by atoms with Crippen LogP contribution in [0.2, 0.25) is 0 Å². The molecule has 0 bridgehead atoms. The van der Waals surface area contributed by atoms with Crippen molar-refractivity contribution in [2.24, 2.45) is 0 Å². The summed E-state index contributed by atoms with van der Waals surface area (Å²) < 4.78 is 37.4. The Bertz CT molecular complexity index is 644. The summed E-state index contributed by atoms with van der Waals surface area (Å²) in [4.78, 5) is 24.5. The second-order valence-electron chi connectivity index (χ2n) is 6.54. The van der Waals surface area contributed by atoms with E-state index in [2.05, 4.69) is 0 Å². The number of hydrogen-bond acceptors (Lipinski definition) is 4. The van der Waals surface area contributed by atoms with Gasteiger partial charge in [-0.05, 0) is 32.9 Å². The number of hydrogen-bond donors (Lipinski definition) is 1. The van der Waals surface area contributed by atoms with E-state index >= 15 is 0 Å². The monoisotopic (exact) mass is 343 g/mol. The molecule has 1 amide bonds. The largest absolute Gasteiger partial charge is 0.485 e. The second kappa shape index (κ2) is 6.62. The van der Waals surface area contributed by atoms with Crippen molar-refractivity contribution in [3.63, 3.8) is 0 Å². The van der Waals surface area contributed by atoms with Crippen LogP contribution < -0.4 is 4.74 Å². The summed E-state index contributed by atoms with van der Waals surface area (Å²) in [6.45, 7) is 4.88. The number of amides is 1. The van der Waals surface area contributed by atoms with Crippen LogP contribution in [-0.4, -0.2) is 46.4 Å². The van der Waals surface area contributed by atoms with Crippen molar-refractivity contribution in [2.75, 3.05) is 6.54 Å². The number of halogens is 2. The fraction of sp³-hybridized carbons (Fsp3) is 0.500. The maximum atomic E-state index is 13.6.